The Labute approximate surface area is 189 Å². The predicted octanol–water partition coefficient (Wildman–Crippen LogP) is 4.26. The zero-order valence-electron chi connectivity index (χ0n) is 19.3. The Balaban J connectivity index is 1.63. The van der Waals surface area contributed by atoms with Crippen LogP contribution in [0, 0.1) is 12.3 Å². The van der Waals surface area contributed by atoms with Crippen LogP contribution in [0.1, 0.15) is 50.8 Å². The number of aryl methyl sites for hydroxylation is 1. The fraction of sp³-hybridized carbons (Fsp3) is 0.560. The number of piperidine rings is 1. The highest BCUT2D eigenvalue weighted by Gasteiger charge is 2.29. The summed E-state index contributed by atoms with van der Waals surface area (Å²) in [5, 5.41) is 9.56. The van der Waals surface area contributed by atoms with E-state index in [9.17, 15) is 9.90 Å². The van der Waals surface area contributed by atoms with E-state index in [1.165, 1.54) is 0 Å². The Morgan fingerprint density at radius 2 is 2.03 bits per heavy atom. The minimum atomic E-state index is -0.850. The molecule has 32 heavy (non-hydrogen) atoms. The van der Waals surface area contributed by atoms with Crippen molar-refractivity contribution in [2.45, 2.75) is 59.0 Å². The normalized spacial score (nSPS) is 20.3. The lowest BCUT2D eigenvalue weighted by Gasteiger charge is -2.40. The van der Waals surface area contributed by atoms with Crippen LogP contribution in [0.25, 0.3) is 11.3 Å². The summed E-state index contributed by atoms with van der Waals surface area (Å²) in [6, 6.07) is 3.84. The molecule has 0 amide bonds. The minimum Gasteiger partial charge on any atom is -0.489 e. The summed E-state index contributed by atoms with van der Waals surface area (Å²) in [7, 11) is 0. The summed E-state index contributed by atoms with van der Waals surface area (Å²) in [5.41, 5.74) is 4.43. The number of rotatable bonds is 7. The zero-order chi connectivity index (χ0) is 22.7. The molecule has 0 aromatic carbocycles. The van der Waals surface area contributed by atoms with Gasteiger partial charge in [0, 0.05) is 42.7 Å². The number of carbonyl (C=O) groups is 1. The summed E-state index contributed by atoms with van der Waals surface area (Å²) in [6.45, 7) is 9.58. The van der Waals surface area contributed by atoms with Crippen molar-refractivity contribution in [1.82, 2.24) is 9.97 Å². The summed E-state index contributed by atoms with van der Waals surface area (Å²) in [5.74, 6) is -0.146. The summed E-state index contributed by atoms with van der Waals surface area (Å²) in [6.07, 6.45) is 7.89. The number of hydrogen-bond acceptors (Lipinski definition) is 6. The number of ether oxygens (including phenoxy) is 2. The van der Waals surface area contributed by atoms with Gasteiger partial charge in [-0.15, -0.1) is 0 Å². The lowest BCUT2D eigenvalue weighted by Crippen LogP contribution is -2.38. The first-order valence-electron chi connectivity index (χ1n) is 11.5. The molecule has 1 atom stereocenters. The fourth-order valence-corrected chi connectivity index (χ4v) is 4.47. The first-order chi connectivity index (χ1) is 15.3. The number of aliphatic carboxylic acids is 1. The molecule has 7 nitrogen and oxygen atoms in total. The molecule has 7 heteroatoms. The standard InChI is InChI=1S/C25H33N3O4/c1-17-20(13-23(29)30)24(28-10-8-25(2,3)9-11-28)21(15-26-17)22-7-6-18(14-27-22)32-16-19-5-4-12-31-19/h6-7,14-15,19H,4-5,8-13,16H2,1-3H3,(H,29,30)/t19-/m1/s1. The van der Waals surface area contributed by atoms with Crippen molar-refractivity contribution in [3.63, 3.8) is 0 Å². The molecule has 0 saturated carbocycles. The Kier molecular flexibility index (Phi) is 6.65. The minimum absolute atomic E-state index is 0.0511. The summed E-state index contributed by atoms with van der Waals surface area (Å²) < 4.78 is 11.5. The van der Waals surface area contributed by atoms with E-state index >= 15 is 0 Å². The van der Waals surface area contributed by atoms with E-state index in [-0.39, 0.29) is 12.5 Å². The van der Waals surface area contributed by atoms with Gasteiger partial charge in [0.1, 0.15) is 12.4 Å². The summed E-state index contributed by atoms with van der Waals surface area (Å²) >= 11 is 0. The third kappa shape index (κ3) is 5.21. The van der Waals surface area contributed by atoms with Crippen molar-refractivity contribution >= 4 is 11.7 Å². The third-order valence-electron chi connectivity index (χ3n) is 6.60. The van der Waals surface area contributed by atoms with E-state index < -0.39 is 5.97 Å². The molecule has 0 spiro atoms. The molecular weight excluding hydrogens is 406 g/mol. The second kappa shape index (κ2) is 9.45. The van der Waals surface area contributed by atoms with Crippen LogP contribution >= 0.6 is 0 Å². The molecule has 0 aliphatic carbocycles. The van der Waals surface area contributed by atoms with Crippen molar-refractivity contribution in [1.29, 1.82) is 0 Å². The van der Waals surface area contributed by atoms with Gasteiger partial charge < -0.3 is 19.5 Å². The van der Waals surface area contributed by atoms with Gasteiger partial charge in [-0.2, -0.15) is 0 Å². The van der Waals surface area contributed by atoms with E-state index in [1.807, 2.05) is 25.3 Å². The lowest BCUT2D eigenvalue weighted by atomic mass is 9.82. The van der Waals surface area contributed by atoms with Gasteiger partial charge in [0.2, 0.25) is 0 Å². The Hall–Kier alpha value is -2.67. The quantitative estimate of drug-likeness (QED) is 0.690. The average Bonchev–Trinajstić information content (AvgIpc) is 3.28. The predicted molar refractivity (Wildman–Crippen MR) is 123 cm³/mol. The highest BCUT2D eigenvalue weighted by Crippen LogP contribution is 2.39. The van der Waals surface area contributed by atoms with E-state index in [1.54, 1.807) is 6.20 Å². The molecule has 0 unspecified atom stereocenters. The molecule has 0 bridgehead atoms. The van der Waals surface area contributed by atoms with Crippen LogP contribution in [0.5, 0.6) is 5.75 Å². The van der Waals surface area contributed by atoms with Crippen LogP contribution < -0.4 is 9.64 Å². The van der Waals surface area contributed by atoms with Gasteiger partial charge in [0.15, 0.2) is 0 Å². The molecular formula is C25H33N3O4. The average molecular weight is 440 g/mol. The van der Waals surface area contributed by atoms with Crippen LogP contribution in [0.4, 0.5) is 5.69 Å². The van der Waals surface area contributed by atoms with E-state index in [0.717, 1.165) is 73.6 Å². The molecule has 2 aromatic heterocycles. The molecule has 0 radical (unpaired) electrons. The smallest absolute Gasteiger partial charge is 0.307 e. The van der Waals surface area contributed by atoms with Gasteiger partial charge in [-0.1, -0.05) is 13.8 Å². The Bertz CT molecular complexity index is 942. The first kappa shape index (κ1) is 22.5. The topological polar surface area (TPSA) is 84.8 Å². The van der Waals surface area contributed by atoms with Crippen molar-refractivity contribution in [3.8, 4) is 17.0 Å². The molecule has 4 rings (SSSR count). The highest BCUT2D eigenvalue weighted by atomic mass is 16.5. The number of hydrogen-bond donors (Lipinski definition) is 1. The molecule has 1 N–H and O–H groups in total. The number of aromatic nitrogens is 2. The summed E-state index contributed by atoms with van der Waals surface area (Å²) in [4.78, 5) is 23.1. The molecule has 2 aliphatic heterocycles. The molecule has 2 aliphatic rings. The van der Waals surface area contributed by atoms with Crippen LogP contribution in [-0.4, -0.2) is 53.5 Å². The molecule has 2 aromatic rings. The van der Waals surface area contributed by atoms with E-state index in [2.05, 4.69) is 28.7 Å². The first-order valence-corrected chi connectivity index (χ1v) is 11.5. The van der Waals surface area contributed by atoms with Crippen molar-refractivity contribution < 1.29 is 19.4 Å². The molecule has 2 saturated heterocycles. The van der Waals surface area contributed by atoms with Crippen LogP contribution in [-0.2, 0) is 16.0 Å². The third-order valence-corrected chi connectivity index (χ3v) is 6.60. The Morgan fingerprint density at radius 1 is 1.25 bits per heavy atom. The molecule has 4 heterocycles. The highest BCUT2D eigenvalue weighted by molar-refractivity contribution is 5.83. The van der Waals surface area contributed by atoms with Gasteiger partial charge >= 0.3 is 5.97 Å². The van der Waals surface area contributed by atoms with Gasteiger partial charge in [0.05, 0.1) is 30.1 Å². The van der Waals surface area contributed by atoms with Gasteiger partial charge in [-0.05, 0) is 50.2 Å². The van der Waals surface area contributed by atoms with Crippen LogP contribution in [0.3, 0.4) is 0 Å². The lowest BCUT2D eigenvalue weighted by molar-refractivity contribution is -0.136. The van der Waals surface area contributed by atoms with Crippen LogP contribution in [0.2, 0.25) is 0 Å². The maximum Gasteiger partial charge on any atom is 0.307 e. The van der Waals surface area contributed by atoms with Crippen LogP contribution in [0.15, 0.2) is 24.5 Å². The van der Waals surface area contributed by atoms with Crippen molar-refractivity contribution in [2.24, 2.45) is 5.41 Å². The molecule has 172 valence electrons. The zero-order valence-corrected chi connectivity index (χ0v) is 19.3. The fourth-order valence-electron chi connectivity index (χ4n) is 4.47. The Morgan fingerprint density at radius 3 is 2.66 bits per heavy atom. The van der Waals surface area contributed by atoms with Gasteiger partial charge in [-0.25, -0.2) is 0 Å². The van der Waals surface area contributed by atoms with E-state index in [0.29, 0.717) is 17.8 Å². The number of nitrogens with zero attached hydrogens (tertiary/aromatic N) is 3. The van der Waals surface area contributed by atoms with Crippen molar-refractivity contribution in [3.05, 3.63) is 35.8 Å². The largest absolute Gasteiger partial charge is 0.489 e. The van der Waals surface area contributed by atoms with Gasteiger partial charge in [-0.3, -0.25) is 14.8 Å². The maximum atomic E-state index is 11.6. The van der Waals surface area contributed by atoms with E-state index in [4.69, 9.17) is 9.47 Å². The van der Waals surface area contributed by atoms with Gasteiger partial charge in [0.25, 0.3) is 0 Å². The SMILES string of the molecule is Cc1ncc(-c2ccc(OC[C@H]3CCCO3)cn2)c(N2CCC(C)(C)CC2)c1CC(=O)O. The number of carboxylic acids is 1. The second-order valence-corrected chi connectivity index (χ2v) is 9.63. The monoisotopic (exact) mass is 439 g/mol. The second-order valence-electron chi connectivity index (χ2n) is 9.63. The maximum absolute atomic E-state index is 11.6. The number of pyridine rings is 2. The number of carboxylic acid groups (broad SMARTS) is 1. The number of anilines is 1. The van der Waals surface area contributed by atoms with Crippen molar-refractivity contribution in [2.75, 3.05) is 31.2 Å². The molecule has 2 fully saturated rings.